The van der Waals surface area contributed by atoms with Gasteiger partial charge in [0.1, 0.15) is 0 Å². The van der Waals surface area contributed by atoms with E-state index in [-0.39, 0.29) is 12.5 Å². The van der Waals surface area contributed by atoms with Crippen molar-refractivity contribution in [3.05, 3.63) is 12.2 Å². The fraction of sp³-hybridized carbons (Fsp3) is 0.850. The molecule has 3 N–H and O–H groups in total. The standard InChI is InChI=1S/C20H40NO5P/c1-4-5-6-7-8-9-10-11-12-13-14-15-16-20(23)19(21-18(2)22)17-26-27(3,24)25/h15-16,19-20,23H,4-14,17H2,1-3H3,(H,21,22)(H,24,25)/b16-15+/t19-,20-/m0/s1. The Bertz CT molecular complexity index is 450. The van der Waals surface area contributed by atoms with E-state index in [1.165, 1.54) is 64.7 Å². The van der Waals surface area contributed by atoms with Crippen molar-refractivity contribution in [3.8, 4) is 0 Å². The minimum atomic E-state index is -3.65. The van der Waals surface area contributed by atoms with Crippen molar-refractivity contribution >= 4 is 13.5 Å². The molecule has 0 aromatic carbocycles. The molecule has 27 heavy (non-hydrogen) atoms. The first-order chi connectivity index (χ1) is 12.8. The maximum absolute atomic E-state index is 11.2. The monoisotopic (exact) mass is 405 g/mol. The Hall–Kier alpha value is -0.680. The van der Waals surface area contributed by atoms with Gasteiger partial charge in [-0.1, -0.05) is 76.9 Å². The Morgan fingerprint density at radius 2 is 1.59 bits per heavy atom. The molecule has 0 saturated heterocycles. The predicted molar refractivity (Wildman–Crippen MR) is 111 cm³/mol. The third-order valence-corrected chi connectivity index (χ3v) is 4.98. The molecule has 0 spiro atoms. The summed E-state index contributed by atoms with van der Waals surface area (Å²) < 4.78 is 16.1. The third kappa shape index (κ3) is 18.4. The van der Waals surface area contributed by atoms with Gasteiger partial charge in [0, 0.05) is 13.6 Å². The Kier molecular flexibility index (Phi) is 15.9. The lowest BCUT2D eigenvalue weighted by Gasteiger charge is -2.22. The van der Waals surface area contributed by atoms with E-state index in [4.69, 9.17) is 4.52 Å². The van der Waals surface area contributed by atoms with Gasteiger partial charge in [-0.2, -0.15) is 0 Å². The summed E-state index contributed by atoms with van der Waals surface area (Å²) in [6, 6.07) is -0.744. The summed E-state index contributed by atoms with van der Waals surface area (Å²) >= 11 is 0. The molecular weight excluding hydrogens is 365 g/mol. The maximum Gasteiger partial charge on any atom is 0.325 e. The second kappa shape index (κ2) is 16.3. The molecule has 0 heterocycles. The number of rotatable bonds is 17. The van der Waals surface area contributed by atoms with Crippen LogP contribution in [0.15, 0.2) is 12.2 Å². The summed E-state index contributed by atoms with van der Waals surface area (Å²) in [4.78, 5) is 20.4. The van der Waals surface area contributed by atoms with Gasteiger partial charge in [0.15, 0.2) is 0 Å². The molecule has 7 heteroatoms. The lowest BCUT2D eigenvalue weighted by atomic mass is 10.1. The predicted octanol–water partition coefficient (Wildman–Crippen LogP) is 4.55. The molecule has 3 atom stereocenters. The topological polar surface area (TPSA) is 95.9 Å². The molecule has 0 radical (unpaired) electrons. The van der Waals surface area contributed by atoms with E-state index in [1.807, 2.05) is 6.08 Å². The number of hydrogen-bond acceptors (Lipinski definition) is 4. The Morgan fingerprint density at radius 1 is 1.07 bits per heavy atom. The average molecular weight is 406 g/mol. The second-order valence-corrected chi connectivity index (χ2v) is 9.16. The van der Waals surface area contributed by atoms with Crippen LogP contribution in [0, 0.1) is 0 Å². The highest BCUT2D eigenvalue weighted by atomic mass is 31.2. The normalized spacial score (nSPS) is 16.2. The van der Waals surface area contributed by atoms with E-state index in [2.05, 4.69) is 12.2 Å². The van der Waals surface area contributed by atoms with Gasteiger partial charge < -0.3 is 19.8 Å². The lowest BCUT2D eigenvalue weighted by molar-refractivity contribution is -0.120. The van der Waals surface area contributed by atoms with E-state index in [0.29, 0.717) is 0 Å². The third-order valence-electron chi connectivity index (χ3n) is 4.35. The van der Waals surface area contributed by atoms with Crippen LogP contribution < -0.4 is 5.32 Å². The van der Waals surface area contributed by atoms with Crippen LogP contribution in [0.3, 0.4) is 0 Å². The molecule has 160 valence electrons. The second-order valence-electron chi connectivity index (χ2n) is 7.30. The maximum atomic E-state index is 11.2. The molecule has 1 unspecified atom stereocenters. The Balaban J connectivity index is 3.89. The molecule has 0 fully saturated rings. The van der Waals surface area contributed by atoms with Gasteiger partial charge in [0.2, 0.25) is 5.91 Å². The minimum Gasteiger partial charge on any atom is -0.387 e. The van der Waals surface area contributed by atoms with E-state index < -0.39 is 19.7 Å². The largest absolute Gasteiger partial charge is 0.387 e. The number of unbranched alkanes of at least 4 members (excludes halogenated alkanes) is 10. The molecule has 0 aliphatic carbocycles. The van der Waals surface area contributed by atoms with E-state index >= 15 is 0 Å². The van der Waals surface area contributed by atoms with Gasteiger partial charge in [-0.25, -0.2) is 0 Å². The summed E-state index contributed by atoms with van der Waals surface area (Å²) in [5.74, 6) is -0.324. The highest BCUT2D eigenvalue weighted by Gasteiger charge is 2.21. The molecule has 0 aromatic heterocycles. The lowest BCUT2D eigenvalue weighted by Crippen LogP contribution is -2.44. The van der Waals surface area contributed by atoms with Crippen molar-refractivity contribution in [2.24, 2.45) is 0 Å². The summed E-state index contributed by atoms with van der Waals surface area (Å²) in [6.45, 7) is 4.43. The van der Waals surface area contributed by atoms with Crippen molar-refractivity contribution in [2.45, 2.75) is 96.6 Å². The zero-order chi connectivity index (χ0) is 20.5. The van der Waals surface area contributed by atoms with Gasteiger partial charge in [-0.3, -0.25) is 9.36 Å². The number of carbonyl (C=O) groups is 1. The summed E-state index contributed by atoms with van der Waals surface area (Å²) in [5, 5.41) is 12.7. The number of aliphatic hydroxyl groups excluding tert-OH is 1. The highest BCUT2D eigenvalue weighted by molar-refractivity contribution is 7.51. The fourth-order valence-electron chi connectivity index (χ4n) is 2.82. The zero-order valence-electron chi connectivity index (χ0n) is 17.4. The van der Waals surface area contributed by atoms with Crippen LogP contribution in [-0.2, 0) is 13.9 Å². The number of carbonyl (C=O) groups excluding carboxylic acids is 1. The van der Waals surface area contributed by atoms with Crippen molar-refractivity contribution in [2.75, 3.05) is 13.3 Å². The molecule has 0 bridgehead atoms. The van der Waals surface area contributed by atoms with Crippen molar-refractivity contribution < 1.29 is 23.9 Å². The molecule has 0 aliphatic rings. The van der Waals surface area contributed by atoms with Crippen LogP contribution >= 0.6 is 7.60 Å². The molecule has 6 nitrogen and oxygen atoms in total. The minimum absolute atomic E-state index is 0.215. The van der Waals surface area contributed by atoms with E-state index in [1.54, 1.807) is 6.08 Å². The number of allylic oxidation sites excluding steroid dienone is 1. The molecule has 0 aliphatic heterocycles. The smallest absolute Gasteiger partial charge is 0.325 e. The van der Waals surface area contributed by atoms with Crippen LogP contribution in [0.1, 0.15) is 84.5 Å². The van der Waals surface area contributed by atoms with Gasteiger partial charge in [0.25, 0.3) is 0 Å². The Labute approximate surface area is 165 Å². The first kappa shape index (κ1) is 26.3. The molecule has 0 saturated carbocycles. The number of amides is 1. The highest BCUT2D eigenvalue weighted by Crippen LogP contribution is 2.36. The molecule has 0 rings (SSSR count). The summed E-state index contributed by atoms with van der Waals surface area (Å²) in [6.07, 6.45) is 16.2. The van der Waals surface area contributed by atoms with Crippen LogP contribution in [0.25, 0.3) is 0 Å². The number of aliphatic hydroxyl groups is 1. The zero-order valence-corrected chi connectivity index (χ0v) is 18.3. The van der Waals surface area contributed by atoms with Crippen LogP contribution in [0.5, 0.6) is 0 Å². The van der Waals surface area contributed by atoms with Gasteiger partial charge in [-0.05, 0) is 12.8 Å². The van der Waals surface area contributed by atoms with E-state index in [0.717, 1.165) is 19.5 Å². The SMILES string of the molecule is CCCCCCCCCCCC/C=C/[C@H](O)[C@H](COP(C)(=O)O)NC(C)=O. The first-order valence-corrected chi connectivity index (χ1v) is 12.4. The van der Waals surface area contributed by atoms with Crippen LogP contribution in [-0.4, -0.2) is 41.3 Å². The van der Waals surface area contributed by atoms with Gasteiger partial charge in [0.05, 0.1) is 18.8 Å². The molecule has 1 amide bonds. The molecule has 0 aromatic rings. The average Bonchev–Trinajstić information content (AvgIpc) is 2.58. The summed E-state index contributed by atoms with van der Waals surface area (Å²) in [7, 11) is -3.65. The van der Waals surface area contributed by atoms with Crippen molar-refractivity contribution in [3.63, 3.8) is 0 Å². The van der Waals surface area contributed by atoms with Gasteiger partial charge >= 0.3 is 7.60 Å². The van der Waals surface area contributed by atoms with Crippen LogP contribution in [0.4, 0.5) is 0 Å². The number of nitrogens with one attached hydrogen (secondary N) is 1. The van der Waals surface area contributed by atoms with Crippen molar-refractivity contribution in [1.82, 2.24) is 5.32 Å². The fourth-order valence-corrected chi connectivity index (χ4v) is 3.26. The van der Waals surface area contributed by atoms with Crippen molar-refractivity contribution in [1.29, 1.82) is 0 Å². The van der Waals surface area contributed by atoms with E-state index in [9.17, 15) is 19.4 Å². The first-order valence-electron chi connectivity index (χ1n) is 10.3. The van der Waals surface area contributed by atoms with Gasteiger partial charge in [-0.15, -0.1) is 0 Å². The Morgan fingerprint density at radius 3 is 2.07 bits per heavy atom. The quantitative estimate of drug-likeness (QED) is 0.187. The molecular formula is C20H40NO5P. The van der Waals surface area contributed by atoms with Crippen LogP contribution in [0.2, 0.25) is 0 Å². The number of hydrogen-bond donors (Lipinski definition) is 3. The summed E-state index contributed by atoms with van der Waals surface area (Å²) in [5.41, 5.74) is 0.